The van der Waals surface area contributed by atoms with Crippen molar-refractivity contribution in [2.75, 3.05) is 0 Å². The molecular formula is C21H13F4N. The van der Waals surface area contributed by atoms with Gasteiger partial charge in [0, 0.05) is 5.39 Å². The molecule has 0 aliphatic carbocycles. The van der Waals surface area contributed by atoms with Gasteiger partial charge in [0.15, 0.2) is 0 Å². The number of hydrogen-bond donors (Lipinski definition) is 0. The molecule has 4 rings (SSSR count). The Morgan fingerprint density at radius 2 is 1.42 bits per heavy atom. The highest BCUT2D eigenvalue weighted by Crippen LogP contribution is 2.36. The summed E-state index contributed by atoms with van der Waals surface area (Å²) in [6.45, 7) is 0. The van der Waals surface area contributed by atoms with E-state index in [-0.39, 0.29) is 0 Å². The average Bonchev–Trinajstić information content (AvgIpc) is 3.01. The molecule has 4 aromatic rings. The van der Waals surface area contributed by atoms with Gasteiger partial charge in [0.2, 0.25) is 0 Å². The van der Waals surface area contributed by atoms with Gasteiger partial charge in [-0.1, -0.05) is 42.5 Å². The van der Waals surface area contributed by atoms with Gasteiger partial charge < -0.3 is 4.57 Å². The normalized spacial score (nSPS) is 11.8. The van der Waals surface area contributed by atoms with E-state index < -0.39 is 17.6 Å². The van der Waals surface area contributed by atoms with E-state index >= 15 is 0 Å². The molecule has 3 aromatic carbocycles. The fourth-order valence-corrected chi connectivity index (χ4v) is 3.11. The van der Waals surface area contributed by atoms with Crippen LogP contribution in [0.25, 0.3) is 27.8 Å². The monoisotopic (exact) mass is 355 g/mol. The summed E-state index contributed by atoms with van der Waals surface area (Å²) in [7, 11) is 0. The van der Waals surface area contributed by atoms with Crippen LogP contribution in [0.5, 0.6) is 0 Å². The zero-order chi connectivity index (χ0) is 18.3. The van der Waals surface area contributed by atoms with Crippen LogP contribution in [0.2, 0.25) is 0 Å². The third-order valence-electron chi connectivity index (χ3n) is 4.29. The molecule has 0 N–H and O–H groups in total. The molecule has 0 unspecified atom stereocenters. The van der Waals surface area contributed by atoms with Crippen LogP contribution >= 0.6 is 0 Å². The van der Waals surface area contributed by atoms with Gasteiger partial charge in [0.25, 0.3) is 0 Å². The van der Waals surface area contributed by atoms with Crippen molar-refractivity contribution in [1.29, 1.82) is 0 Å². The molecular weight excluding hydrogens is 342 g/mol. The minimum Gasteiger partial charge on any atom is -0.306 e. The lowest BCUT2D eigenvalue weighted by Gasteiger charge is -2.12. The molecule has 0 atom stereocenters. The number of hydrogen-bond acceptors (Lipinski definition) is 0. The van der Waals surface area contributed by atoms with E-state index in [1.54, 1.807) is 28.8 Å². The van der Waals surface area contributed by atoms with Crippen molar-refractivity contribution in [3.63, 3.8) is 0 Å². The molecule has 0 saturated carbocycles. The Morgan fingerprint density at radius 3 is 2.12 bits per heavy atom. The molecule has 0 bridgehead atoms. The topological polar surface area (TPSA) is 4.93 Å². The number of alkyl halides is 3. The Kier molecular flexibility index (Phi) is 3.80. The Morgan fingerprint density at radius 1 is 0.731 bits per heavy atom. The van der Waals surface area contributed by atoms with Gasteiger partial charge in [-0.3, -0.25) is 0 Å². The van der Waals surface area contributed by atoms with Crippen LogP contribution in [-0.2, 0) is 6.18 Å². The first kappa shape index (κ1) is 16.4. The van der Waals surface area contributed by atoms with Gasteiger partial charge in [-0.25, -0.2) is 4.39 Å². The summed E-state index contributed by atoms with van der Waals surface area (Å²) in [6.07, 6.45) is -4.43. The van der Waals surface area contributed by atoms with Gasteiger partial charge in [0.1, 0.15) is 5.82 Å². The Labute approximate surface area is 147 Å². The van der Waals surface area contributed by atoms with E-state index in [1.807, 2.05) is 30.3 Å². The quantitative estimate of drug-likeness (QED) is 0.364. The fraction of sp³-hybridized carbons (Fsp3) is 0.0476. The predicted molar refractivity (Wildman–Crippen MR) is 93.7 cm³/mol. The molecule has 1 nitrogen and oxygen atoms in total. The summed E-state index contributed by atoms with van der Waals surface area (Å²) in [6, 6.07) is 20.6. The van der Waals surface area contributed by atoms with Crippen molar-refractivity contribution in [2.45, 2.75) is 6.18 Å². The molecule has 0 saturated heterocycles. The molecule has 0 aliphatic heterocycles. The Bertz CT molecular complexity index is 1080. The van der Waals surface area contributed by atoms with Crippen LogP contribution < -0.4 is 0 Å². The maximum atomic E-state index is 14.4. The average molecular weight is 355 g/mol. The molecule has 1 heterocycles. The number of fused-ring (bicyclic) bond motifs is 1. The van der Waals surface area contributed by atoms with Crippen LogP contribution in [0.4, 0.5) is 17.6 Å². The second kappa shape index (κ2) is 6.02. The predicted octanol–water partition coefficient (Wildman–Crippen LogP) is 6.46. The molecule has 0 fully saturated rings. The van der Waals surface area contributed by atoms with Gasteiger partial charge in [-0.05, 0) is 42.0 Å². The van der Waals surface area contributed by atoms with Crippen LogP contribution in [0.3, 0.4) is 0 Å². The molecule has 0 amide bonds. The number of benzene rings is 3. The van der Waals surface area contributed by atoms with Crippen LogP contribution in [0, 0.1) is 5.82 Å². The smallest absolute Gasteiger partial charge is 0.306 e. The van der Waals surface area contributed by atoms with Crippen molar-refractivity contribution in [3.05, 3.63) is 90.2 Å². The third-order valence-corrected chi connectivity index (χ3v) is 4.29. The van der Waals surface area contributed by atoms with Crippen LogP contribution in [0.1, 0.15) is 5.56 Å². The summed E-state index contributed by atoms with van der Waals surface area (Å²) in [5.41, 5.74) is 1.50. The summed E-state index contributed by atoms with van der Waals surface area (Å²) in [5.74, 6) is -0.443. The Balaban J connectivity index is 2.05. The molecule has 0 aliphatic rings. The zero-order valence-electron chi connectivity index (χ0n) is 13.5. The first-order valence-corrected chi connectivity index (χ1v) is 7.98. The van der Waals surface area contributed by atoms with Crippen LogP contribution in [0.15, 0.2) is 78.9 Å². The van der Waals surface area contributed by atoms with E-state index in [0.29, 0.717) is 22.3 Å². The molecule has 130 valence electrons. The molecule has 26 heavy (non-hydrogen) atoms. The highest BCUT2D eigenvalue weighted by molar-refractivity contribution is 5.89. The maximum absolute atomic E-state index is 14.4. The van der Waals surface area contributed by atoms with Gasteiger partial charge in [-0.15, -0.1) is 0 Å². The lowest BCUT2D eigenvalue weighted by Crippen LogP contribution is -2.04. The maximum Gasteiger partial charge on any atom is 0.416 e. The molecule has 1 aromatic heterocycles. The lowest BCUT2D eigenvalue weighted by atomic mass is 10.1. The number of nitrogens with zero attached hydrogens (tertiary/aromatic N) is 1. The second-order valence-corrected chi connectivity index (χ2v) is 5.95. The van der Waals surface area contributed by atoms with E-state index in [9.17, 15) is 17.6 Å². The summed E-state index contributed by atoms with van der Waals surface area (Å²) >= 11 is 0. The largest absolute Gasteiger partial charge is 0.416 e. The SMILES string of the molecule is Fc1ccccc1-n1c(-c2ccccc2)cc2cc(C(F)(F)F)ccc21. The third kappa shape index (κ3) is 2.75. The van der Waals surface area contributed by atoms with E-state index in [4.69, 9.17) is 0 Å². The van der Waals surface area contributed by atoms with Crippen molar-refractivity contribution in [3.8, 4) is 16.9 Å². The fourth-order valence-electron chi connectivity index (χ4n) is 3.11. The number of rotatable bonds is 2. The number of halogens is 4. The minimum atomic E-state index is -4.43. The molecule has 0 radical (unpaired) electrons. The van der Waals surface area contributed by atoms with Crippen LogP contribution in [-0.4, -0.2) is 4.57 Å². The van der Waals surface area contributed by atoms with Crippen molar-refractivity contribution < 1.29 is 17.6 Å². The second-order valence-electron chi connectivity index (χ2n) is 5.95. The summed E-state index contributed by atoms with van der Waals surface area (Å²) in [4.78, 5) is 0. The van der Waals surface area contributed by atoms with Gasteiger partial charge >= 0.3 is 6.18 Å². The van der Waals surface area contributed by atoms with Crippen molar-refractivity contribution in [1.82, 2.24) is 4.57 Å². The van der Waals surface area contributed by atoms with Crippen molar-refractivity contribution >= 4 is 10.9 Å². The minimum absolute atomic E-state index is 0.293. The molecule has 0 spiro atoms. The van der Waals surface area contributed by atoms with Gasteiger partial charge in [0.05, 0.1) is 22.5 Å². The standard InChI is InChI=1S/C21H13F4N/c22-17-8-4-5-9-19(17)26-18-11-10-16(21(23,24)25)12-15(18)13-20(26)14-6-2-1-3-7-14/h1-13H. The van der Waals surface area contributed by atoms with E-state index in [0.717, 1.165) is 17.7 Å². The number of para-hydroxylation sites is 1. The summed E-state index contributed by atoms with van der Waals surface area (Å²) in [5, 5.41) is 0.405. The zero-order valence-corrected chi connectivity index (χ0v) is 13.5. The van der Waals surface area contributed by atoms with Gasteiger partial charge in [-0.2, -0.15) is 13.2 Å². The first-order valence-electron chi connectivity index (χ1n) is 7.98. The van der Waals surface area contributed by atoms with E-state index in [2.05, 4.69) is 0 Å². The highest BCUT2D eigenvalue weighted by atomic mass is 19.4. The van der Waals surface area contributed by atoms with Crippen molar-refractivity contribution in [2.24, 2.45) is 0 Å². The number of aromatic nitrogens is 1. The summed E-state index contributed by atoms with van der Waals surface area (Å²) < 4.78 is 55.3. The first-order chi connectivity index (χ1) is 12.4. The Hall–Kier alpha value is -3.08. The van der Waals surface area contributed by atoms with E-state index in [1.165, 1.54) is 12.1 Å². The highest BCUT2D eigenvalue weighted by Gasteiger charge is 2.31. The molecule has 5 heteroatoms. The lowest BCUT2D eigenvalue weighted by molar-refractivity contribution is -0.137.